The summed E-state index contributed by atoms with van der Waals surface area (Å²) in [5.41, 5.74) is 4.94. The van der Waals surface area contributed by atoms with Crippen molar-refractivity contribution in [3.63, 3.8) is 0 Å². The highest BCUT2D eigenvalue weighted by atomic mass is 15.1. The van der Waals surface area contributed by atoms with Crippen molar-refractivity contribution in [3.05, 3.63) is 65.5 Å². The Bertz CT molecular complexity index is 478. The summed E-state index contributed by atoms with van der Waals surface area (Å²) in [6.07, 6.45) is 8.49. The summed E-state index contributed by atoms with van der Waals surface area (Å²) < 4.78 is 0. The van der Waals surface area contributed by atoms with Crippen LogP contribution in [0.1, 0.15) is 33.3 Å². The van der Waals surface area contributed by atoms with E-state index in [0.29, 0.717) is 0 Å². The van der Waals surface area contributed by atoms with Crippen LogP contribution in [-0.4, -0.2) is 0 Å². The lowest BCUT2D eigenvalue weighted by atomic mass is 10.1. The SMILES string of the molecule is C/C=C\C(=C/C)N(/C(C)=C/C)c1ccccc1C. The Labute approximate surface area is 111 Å². The van der Waals surface area contributed by atoms with Crippen LogP contribution in [0.2, 0.25) is 0 Å². The number of nitrogens with zero attached hydrogens (tertiary/aromatic N) is 1. The Morgan fingerprint density at radius 2 is 1.72 bits per heavy atom. The molecule has 0 aliphatic heterocycles. The maximum Gasteiger partial charge on any atom is 0.0487 e. The van der Waals surface area contributed by atoms with E-state index in [-0.39, 0.29) is 0 Å². The smallest absolute Gasteiger partial charge is 0.0487 e. The highest BCUT2D eigenvalue weighted by molar-refractivity contribution is 5.63. The summed E-state index contributed by atoms with van der Waals surface area (Å²) in [5.74, 6) is 0. The number of aryl methyl sites for hydroxylation is 1. The highest BCUT2D eigenvalue weighted by Crippen LogP contribution is 2.28. The largest absolute Gasteiger partial charge is 0.315 e. The van der Waals surface area contributed by atoms with Crippen molar-refractivity contribution in [1.82, 2.24) is 0 Å². The fraction of sp³-hybridized carbons (Fsp3) is 0.294. The van der Waals surface area contributed by atoms with Crippen molar-refractivity contribution >= 4 is 5.69 Å². The summed E-state index contributed by atoms with van der Waals surface area (Å²) >= 11 is 0. The van der Waals surface area contributed by atoms with Crippen LogP contribution in [0.5, 0.6) is 0 Å². The van der Waals surface area contributed by atoms with Gasteiger partial charge in [0.25, 0.3) is 0 Å². The molecule has 1 heteroatoms. The quantitative estimate of drug-likeness (QED) is 0.654. The molecule has 0 aliphatic rings. The third kappa shape index (κ3) is 3.13. The monoisotopic (exact) mass is 241 g/mol. The van der Waals surface area contributed by atoms with Gasteiger partial charge in [-0.2, -0.15) is 0 Å². The number of allylic oxidation sites excluding steroid dienone is 5. The van der Waals surface area contributed by atoms with Gasteiger partial charge < -0.3 is 4.90 Å². The van der Waals surface area contributed by atoms with Crippen LogP contribution in [0, 0.1) is 6.92 Å². The molecule has 18 heavy (non-hydrogen) atoms. The van der Waals surface area contributed by atoms with Gasteiger partial charge in [0.1, 0.15) is 0 Å². The lowest BCUT2D eigenvalue weighted by Gasteiger charge is -2.28. The fourth-order valence-corrected chi connectivity index (χ4v) is 1.95. The first-order valence-corrected chi connectivity index (χ1v) is 6.43. The van der Waals surface area contributed by atoms with E-state index in [4.69, 9.17) is 0 Å². The first-order valence-electron chi connectivity index (χ1n) is 6.43. The van der Waals surface area contributed by atoms with Crippen LogP contribution in [0.25, 0.3) is 0 Å². The van der Waals surface area contributed by atoms with E-state index in [1.165, 1.54) is 22.6 Å². The van der Waals surface area contributed by atoms with Crippen molar-refractivity contribution in [1.29, 1.82) is 0 Å². The van der Waals surface area contributed by atoms with E-state index >= 15 is 0 Å². The van der Waals surface area contributed by atoms with Crippen molar-refractivity contribution in [3.8, 4) is 0 Å². The molecule has 1 nitrogen and oxygen atoms in total. The number of benzene rings is 1. The molecule has 0 N–H and O–H groups in total. The molecule has 0 fully saturated rings. The van der Waals surface area contributed by atoms with Gasteiger partial charge in [0.15, 0.2) is 0 Å². The summed E-state index contributed by atoms with van der Waals surface area (Å²) in [6.45, 7) is 10.5. The van der Waals surface area contributed by atoms with Gasteiger partial charge in [0.2, 0.25) is 0 Å². The molecule has 1 rings (SSSR count). The van der Waals surface area contributed by atoms with Crippen molar-refractivity contribution in [2.75, 3.05) is 4.90 Å². The zero-order valence-corrected chi connectivity index (χ0v) is 12.1. The van der Waals surface area contributed by atoms with Crippen LogP contribution < -0.4 is 4.90 Å². The van der Waals surface area contributed by atoms with Crippen molar-refractivity contribution < 1.29 is 0 Å². The van der Waals surface area contributed by atoms with E-state index in [0.717, 1.165) is 0 Å². The molecular formula is C17H23N. The molecule has 1 aromatic carbocycles. The summed E-state index contributed by atoms with van der Waals surface area (Å²) in [7, 11) is 0. The number of hydrogen-bond acceptors (Lipinski definition) is 1. The van der Waals surface area contributed by atoms with Gasteiger partial charge in [-0.05, 0) is 52.3 Å². The lowest BCUT2D eigenvalue weighted by Crippen LogP contribution is -2.20. The van der Waals surface area contributed by atoms with Crippen LogP contribution >= 0.6 is 0 Å². The number of anilines is 1. The van der Waals surface area contributed by atoms with E-state index in [2.05, 4.69) is 81.2 Å². The summed E-state index contributed by atoms with van der Waals surface area (Å²) in [5, 5.41) is 0. The second-order valence-corrected chi connectivity index (χ2v) is 4.27. The molecule has 0 radical (unpaired) electrons. The Kier molecular flexibility index (Phi) is 5.44. The van der Waals surface area contributed by atoms with Crippen molar-refractivity contribution in [2.24, 2.45) is 0 Å². The number of rotatable bonds is 4. The predicted octanol–water partition coefficient (Wildman–Crippen LogP) is 5.21. The van der Waals surface area contributed by atoms with Crippen LogP contribution in [0.4, 0.5) is 5.69 Å². The first kappa shape index (κ1) is 14.3. The zero-order valence-electron chi connectivity index (χ0n) is 12.1. The van der Waals surface area contributed by atoms with Gasteiger partial charge in [-0.3, -0.25) is 0 Å². The Balaban J connectivity index is 3.35. The molecule has 0 heterocycles. The van der Waals surface area contributed by atoms with Gasteiger partial charge in [-0.15, -0.1) is 0 Å². The van der Waals surface area contributed by atoms with Crippen LogP contribution in [0.3, 0.4) is 0 Å². The molecule has 0 bridgehead atoms. The van der Waals surface area contributed by atoms with E-state index in [9.17, 15) is 0 Å². The molecule has 0 unspecified atom stereocenters. The van der Waals surface area contributed by atoms with Gasteiger partial charge in [0.05, 0.1) is 0 Å². The predicted molar refractivity (Wildman–Crippen MR) is 81.7 cm³/mol. The van der Waals surface area contributed by atoms with Crippen LogP contribution in [-0.2, 0) is 0 Å². The maximum absolute atomic E-state index is 2.29. The standard InChI is InChI=1S/C17H23N/c1-6-11-16(8-3)18(15(5)7-2)17-13-10-9-12-14(17)4/h6-13H,1-5H3/b11-6-,15-7+,16-8+. The highest BCUT2D eigenvalue weighted by Gasteiger charge is 2.12. The number of para-hydroxylation sites is 1. The van der Waals surface area contributed by atoms with Gasteiger partial charge >= 0.3 is 0 Å². The fourth-order valence-electron chi connectivity index (χ4n) is 1.95. The zero-order chi connectivity index (χ0) is 13.5. The third-order valence-corrected chi connectivity index (χ3v) is 3.02. The molecule has 1 aromatic rings. The van der Waals surface area contributed by atoms with E-state index in [1.54, 1.807) is 0 Å². The second-order valence-electron chi connectivity index (χ2n) is 4.27. The van der Waals surface area contributed by atoms with Gasteiger partial charge in [-0.25, -0.2) is 0 Å². The molecule has 0 saturated heterocycles. The average molecular weight is 241 g/mol. The summed E-state index contributed by atoms with van der Waals surface area (Å²) in [4.78, 5) is 2.29. The molecule has 96 valence electrons. The molecular weight excluding hydrogens is 218 g/mol. The molecule has 0 spiro atoms. The van der Waals surface area contributed by atoms with E-state index < -0.39 is 0 Å². The lowest BCUT2D eigenvalue weighted by molar-refractivity contribution is 1.07. The summed E-state index contributed by atoms with van der Waals surface area (Å²) in [6, 6.07) is 8.47. The first-order chi connectivity index (χ1) is 8.65. The number of hydrogen-bond donors (Lipinski definition) is 0. The minimum Gasteiger partial charge on any atom is -0.315 e. The molecule has 0 aliphatic carbocycles. The molecule has 0 atom stereocenters. The van der Waals surface area contributed by atoms with Crippen molar-refractivity contribution in [2.45, 2.75) is 34.6 Å². The minimum atomic E-state index is 1.20. The Hall–Kier alpha value is -1.76. The second kappa shape index (κ2) is 6.85. The Morgan fingerprint density at radius 3 is 2.22 bits per heavy atom. The molecule has 0 aromatic heterocycles. The van der Waals surface area contributed by atoms with Crippen LogP contribution in [0.15, 0.2) is 60.0 Å². The minimum absolute atomic E-state index is 1.20. The normalized spacial score (nSPS) is 13.2. The Morgan fingerprint density at radius 1 is 1.06 bits per heavy atom. The van der Waals surface area contributed by atoms with Gasteiger partial charge in [0, 0.05) is 17.1 Å². The molecule has 0 amide bonds. The molecule has 0 saturated carbocycles. The van der Waals surface area contributed by atoms with E-state index in [1.807, 2.05) is 6.92 Å². The van der Waals surface area contributed by atoms with Gasteiger partial charge in [-0.1, -0.05) is 36.4 Å². The maximum atomic E-state index is 2.29. The average Bonchev–Trinajstić information content (AvgIpc) is 2.39. The topological polar surface area (TPSA) is 3.24 Å². The third-order valence-electron chi connectivity index (χ3n) is 3.02.